The third-order valence-electron chi connectivity index (χ3n) is 3.99. The third kappa shape index (κ3) is 2.10. The van der Waals surface area contributed by atoms with E-state index in [0.29, 0.717) is 6.42 Å². The van der Waals surface area contributed by atoms with E-state index in [1.54, 1.807) is 0 Å². The first kappa shape index (κ1) is 12.9. The number of benzene rings is 3. The van der Waals surface area contributed by atoms with Crippen LogP contribution in [-0.2, 0) is 5.60 Å². The molecule has 100 valence electrons. The van der Waals surface area contributed by atoms with Crippen molar-refractivity contribution in [2.75, 3.05) is 0 Å². The van der Waals surface area contributed by atoms with Gasteiger partial charge in [0, 0.05) is 0 Å². The van der Waals surface area contributed by atoms with Crippen LogP contribution in [0.5, 0.6) is 0 Å². The van der Waals surface area contributed by atoms with Crippen molar-refractivity contribution in [1.29, 1.82) is 0 Å². The summed E-state index contributed by atoms with van der Waals surface area (Å²) in [6, 6.07) is 24.3. The Labute approximate surface area is 119 Å². The van der Waals surface area contributed by atoms with Crippen LogP contribution in [0, 0.1) is 0 Å². The molecule has 0 fully saturated rings. The Morgan fingerprint density at radius 1 is 0.750 bits per heavy atom. The molecule has 0 spiro atoms. The molecule has 0 aliphatic carbocycles. The molecular formula is C19H18O. The van der Waals surface area contributed by atoms with E-state index in [1.807, 2.05) is 55.5 Å². The van der Waals surface area contributed by atoms with Crippen LogP contribution < -0.4 is 0 Å². The summed E-state index contributed by atoms with van der Waals surface area (Å²) in [5, 5.41) is 13.5. The molecule has 0 aliphatic heterocycles. The average Bonchev–Trinajstić information content (AvgIpc) is 2.54. The third-order valence-corrected chi connectivity index (χ3v) is 3.99. The van der Waals surface area contributed by atoms with E-state index in [2.05, 4.69) is 24.3 Å². The monoisotopic (exact) mass is 262 g/mol. The summed E-state index contributed by atoms with van der Waals surface area (Å²) in [7, 11) is 0. The zero-order valence-corrected chi connectivity index (χ0v) is 11.6. The van der Waals surface area contributed by atoms with Crippen molar-refractivity contribution in [2.45, 2.75) is 18.9 Å². The van der Waals surface area contributed by atoms with E-state index < -0.39 is 5.60 Å². The summed E-state index contributed by atoms with van der Waals surface area (Å²) in [5.41, 5.74) is 0.966. The number of hydrogen-bond donors (Lipinski definition) is 1. The fourth-order valence-electron chi connectivity index (χ4n) is 2.74. The highest BCUT2D eigenvalue weighted by Gasteiger charge is 2.29. The van der Waals surface area contributed by atoms with Crippen molar-refractivity contribution >= 4 is 10.8 Å². The van der Waals surface area contributed by atoms with Gasteiger partial charge in [-0.3, -0.25) is 0 Å². The van der Waals surface area contributed by atoms with Crippen molar-refractivity contribution in [3.05, 3.63) is 83.9 Å². The Balaban J connectivity index is 2.16. The van der Waals surface area contributed by atoms with E-state index >= 15 is 0 Å². The highest BCUT2D eigenvalue weighted by molar-refractivity contribution is 5.83. The highest BCUT2D eigenvalue weighted by atomic mass is 16.3. The Bertz CT molecular complexity index is 718. The second-order valence-electron chi connectivity index (χ2n) is 5.14. The molecule has 0 aliphatic rings. The molecule has 1 N–H and O–H groups in total. The highest BCUT2D eigenvalue weighted by Crippen LogP contribution is 2.34. The summed E-state index contributed by atoms with van der Waals surface area (Å²) in [6.07, 6.45) is 0.648. The molecule has 0 heterocycles. The van der Waals surface area contributed by atoms with Gasteiger partial charge in [0.25, 0.3) is 0 Å². The van der Waals surface area contributed by atoms with Gasteiger partial charge in [0.05, 0.1) is 0 Å². The quantitative estimate of drug-likeness (QED) is 0.737. The van der Waals surface area contributed by atoms with E-state index in [9.17, 15) is 5.11 Å². The lowest BCUT2D eigenvalue weighted by Gasteiger charge is -2.28. The van der Waals surface area contributed by atoms with Gasteiger partial charge in [-0.2, -0.15) is 0 Å². The molecule has 20 heavy (non-hydrogen) atoms. The van der Waals surface area contributed by atoms with Crippen LogP contribution in [0.15, 0.2) is 72.8 Å². The zero-order chi connectivity index (χ0) is 14.0. The van der Waals surface area contributed by atoms with Crippen molar-refractivity contribution in [3.8, 4) is 0 Å². The van der Waals surface area contributed by atoms with Gasteiger partial charge in [-0.15, -0.1) is 0 Å². The smallest absolute Gasteiger partial charge is 0.114 e. The van der Waals surface area contributed by atoms with Crippen molar-refractivity contribution < 1.29 is 5.11 Å². The summed E-state index contributed by atoms with van der Waals surface area (Å²) in [6.45, 7) is 2.02. The summed E-state index contributed by atoms with van der Waals surface area (Å²) < 4.78 is 0. The Hall–Kier alpha value is -2.12. The average molecular weight is 262 g/mol. The second kappa shape index (κ2) is 5.10. The van der Waals surface area contributed by atoms with E-state index in [0.717, 1.165) is 16.5 Å². The SMILES string of the molecule is CC[C@@](O)(c1ccccc1)c1ccc2ccccc2c1. The molecule has 0 bridgehead atoms. The maximum absolute atomic E-state index is 11.1. The molecular weight excluding hydrogens is 244 g/mol. The first-order chi connectivity index (χ1) is 9.74. The fraction of sp³-hybridized carbons (Fsp3) is 0.158. The largest absolute Gasteiger partial charge is 0.380 e. The second-order valence-corrected chi connectivity index (χ2v) is 5.14. The van der Waals surface area contributed by atoms with Gasteiger partial charge < -0.3 is 5.11 Å². The zero-order valence-electron chi connectivity index (χ0n) is 11.6. The first-order valence-electron chi connectivity index (χ1n) is 7.01. The van der Waals surface area contributed by atoms with Gasteiger partial charge in [0.1, 0.15) is 5.60 Å². The minimum absolute atomic E-state index is 0.648. The lowest BCUT2D eigenvalue weighted by atomic mass is 9.83. The van der Waals surface area contributed by atoms with Crippen LogP contribution in [-0.4, -0.2) is 5.11 Å². The van der Waals surface area contributed by atoms with E-state index in [1.165, 1.54) is 5.39 Å². The molecule has 0 aromatic heterocycles. The molecule has 1 atom stereocenters. The minimum atomic E-state index is -0.925. The molecule has 0 unspecified atom stereocenters. The summed E-state index contributed by atoms with van der Waals surface area (Å²) in [4.78, 5) is 0. The fourth-order valence-corrected chi connectivity index (χ4v) is 2.74. The van der Waals surface area contributed by atoms with Crippen LogP contribution in [0.2, 0.25) is 0 Å². The molecule has 0 saturated heterocycles. The van der Waals surface area contributed by atoms with Gasteiger partial charge in [0.15, 0.2) is 0 Å². The first-order valence-corrected chi connectivity index (χ1v) is 7.01. The Morgan fingerprint density at radius 3 is 2.10 bits per heavy atom. The van der Waals surface area contributed by atoms with Gasteiger partial charge >= 0.3 is 0 Å². The molecule has 3 aromatic rings. The normalized spacial score (nSPS) is 14.1. The van der Waals surface area contributed by atoms with Gasteiger partial charge in [-0.1, -0.05) is 73.7 Å². The molecule has 1 heteroatoms. The van der Waals surface area contributed by atoms with Crippen LogP contribution in [0.4, 0.5) is 0 Å². The van der Waals surface area contributed by atoms with E-state index in [4.69, 9.17) is 0 Å². The number of aliphatic hydroxyl groups is 1. The molecule has 0 saturated carbocycles. The maximum Gasteiger partial charge on any atom is 0.114 e. The van der Waals surface area contributed by atoms with Crippen LogP contribution >= 0.6 is 0 Å². The standard InChI is InChI=1S/C19H18O/c1-2-19(20,17-10-4-3-5-11-17)18-13-12-15-8-6-7-9-16(15)14-18/h3-14,20H,2H2,1H3/t19-/m1/s1. The minimum Gasteiger partial charge on any atom is -0.380 e. The molecule has 0 radical (unpaired) electrons. The maximum atomic E-state index is 11.1. The van der Waals surface area contributed by atoms with Crippen molar-refractivity contribution in [2.24, 2.45) is 0 Å². The van der Waals surface area contributed by atoms with Crippen molar-refractivity contribution in [1.82, 2.24) is 0 Å². The Kier molecular flexibility index (Phi) is 3.29. The van der Waals surface area contributed by atoms with Gasteiger partial charge in [-0.05, 0) is 34.4 Å². The molecule has 0 amide bonds. The van der Waals surface area contributed by atoms with Crippen LogP contribution in [0.3, 0.4) is 0 Å². The van der Waals surface area contributed by atoms with E-state index in [-0.39, 0.29) is 0 Å². The van der Waals surface area contributed by atoms with Gasteiger partial charge in [-0.25, -0.2) is 0 Å². The molecule has 1 nitrogen and oxygen atoms in total. The predicted octanol–water partition coefficient (Wildman–Crippen LogP) is 4.49. The molecule has 3 aromatic carbocycles. The Morgan fingerprint density at radius 2 is 1.40 bits per heavy atom. The number of hydrogen-bond acceptors (Lipinski definition) is 1. The predicted molar refractivity (Wildman–Crippen MR) is 83.7 cm³/mol. The van der Waals surface area contributed by atoms with Crippen LogP contribution in [0.1, 0.15) is 24.5 Å². The summed E-state index contributed by atoms with van der Waals surface area (Å²) in [5.74, 6) is 0. The molecule has 3 rings (SSSR count). The number of fused-ring (bicyclic) bond motifs is 1. The summed E-state index contributed by atoms with van der Waals surface area (Å²) >= 11 is 0. The van der Waals surface area contributed by atoms with Crippen LogP contribution in [0.25, 0.3) is 10.8 Å². The number of rotatable bonds is 3. The lowest BCUT2D eigenvalue weighted by molar-refractivity contribution is 0.0767. The van der Waals surface area contributed by atoms with Gasteiger partial charge in [0.2, 0.25) is 0 Å². The van der Waals surface area contributed by atoms with Crippen molar-refractivity contribution in [3.63, 3.8) is 0 Å². The lowest BCUT2D eigenvalue weighted by Crippen LogP contribution is -2.26. The topological polar surface area (TPSA) is 20.2 Å².